The standard InChI is InChI=1S/C12H15Cl2NS/c13-11-2-1-3-12(14)10(11)8-15-9-4-6-16-7-5-9/h1-3,9,15H,4-8H2. The van der Waals surface area contributed by atoms with Gasteiger partial charge in [0.25, 0.3) is 0 Å². The van der Waals surface area contributed by atoms with Gasteiger partial charge >= 0.3 is 0 Å². The van der Waals surface area contributed by atoms with E-state index in [2.05, 4.69) is 5.32 Å². The number of rotatable bonds is 3. The molecule has 0 spiro atoms. The van der Waals surface area contributed by atoms with Crippen molar-refractivity contribution < 1.29 is 0 Å². The van der Waals surface area contributed by atoms with Crippen molar-refractivity contribution >= 4 is 35.0 Å². The predicted octanol–water partition coefficient (Wildman–Crippen LogP) is 3.98. The van der Waals surface area contributed by atoms with Crippen LogP contribution in [0.1, 0.15) is 18.4 Å². The fraction of sp³-hybridized carbons (Fsp3) is 0.500. The van der Waals surface area contributed by atoms with Crippen molar-refractivity contribution in [2.24, 2.45) is 0 Å². The Labute approximate surface area is 111 Å². The van der Waals surface area contributed by atoms with Gasteiger partial charge in [0.1, 0.15) is 0 Å². The number of hydrogen-bond donors (Lipinski definition) is 1. The van der Waals surface area contributed by atoms with E-state index in [9.17, 15) is 0 Å². The highest BCUT2D eigenvalue weighted by Gasteiger charge is 2.14. The van der Waals surface area contributed by atoms with Gasteiger partial charge in [-0.05, 0) is 36.5 Å². The molecule has 16 heavy (non-hydrogen) atoms. The topological polar surface area (TPSA) is 12.0 Å². The molecule has 0 aliphatic carbocycles. The van der Waals surface area contributed by atoms with Gasteiger partial charge in [-0.3, -0.25) is 0 Å². The fourth-order valence-corrected chi connectivity index (χ4v) is 3.49. The Kier molecular flexibility index (Phi) is 4.83. The Bertz CT molecular complexity index is 331. The zero-order valence-electron chi connectivity index (χ0n) is 9.01. The molecule has 0 amide bonds. The molecule has 0 aromatic heterocycles. The second-order valence-electron chi connectivity index (χ2n) is 3.97. The third-order valence-corrected chi connectivity index (χ3v) is 4.61. The highest BCUT2D eigenvalue weighted by molar-refractivity contribution is 7.99. The fourth-order valence-electron chi connectivity index (χ4n) is 1.85. The van der Waals surface area contributed by atoms with Gasteiger partial charge in [0.05, 0.1) is 0 Å². The van der Waals surface area contributed by atoms with Gasteiger partial charge in [-0.2, -0.15) is 11.8 Å². The average Bonchev–Trinajstić information content (AvgIpc) is 2.30. The molecule has 88 valence electrons. The molecule has 0 atom stereocenters. The first-order valence-corrected chi connectivity index (χ1v) is 7.42. The van der Waals surface area contributed by atoms with Crippen LogP contribution in [-0.2, 0) is 6.54 Å². The Balaban J connectivity index is 1.93. The molecule has 4 heteroatoms. The maximum Gasteiger partial charge on any atom is 0.0465 e. The molecule has 1 N–H and O–H groups in total. The van der Waals surface area contributed by atoms with E-state index in [1.165, 1.54) is 24.3 Å². The Morgan fingerprint density at radius 2 is 1.81 bits per heavy atom. The van der Waals surface area contributed by atoms with Gasteiger partial charge < -0.3 is 5.32 Å². The quantitative estimate of drug-likeness (QED) is 0.896. The highest BCUT2D eigenvalue weighted by atomic mass is 35.5. The van der Waals surface area contributed by atoms with Gasteiger partial charge in [0.2, 0.25) is 0 Å². The summed E-state index contributed by atoms with van der Waals surface area (Å²) in [4.78, 5) is 0. The van der Waals surface area contributed by atoms with Crippen LogP contribution in [-0.4, -0.2) is 17.5 Å². The van der Waals surface area contributed by atoms with Crippen LogP contribution in [0, 0.1) is 0 Å². The lowest BCUT2D eigenvalue weighted by Gasteiger charge is -2.23. The van der Waals surface area contributed by atoms with Crippen LogP contribution in [0.25, 0.3) is 0 Å². The molecule has 1 aliphatic rings. The van der Waals surface area contributed by atoms with Gasteiger partial charge in [0.15, 0.2) is 0 Å². The molecule has 1 aliphatic heterocycles. The van der Waals surface area contributed by atoms with Crippen LogP contribution in [0.3, 0.4) is 0 Å². The third-order valence-electron chi connectivity index (χ3n) is 2.85. The summed E-state index contributed by atoms with van der Waals surface area (Å²) < 4.78 is 0. The molecular formula is C12H15Cl2NS. The summed E-state index contributed by atoms with van der Waals surface area (Å²) in [6.07, 6.45) is 2.49. The second-order valence-corrected chi connectivity index (χ2v) is 6.01. The zero-order valence-corrected chi connectivity index (χ0v) is 11.3. The van der Waals surface area contributed by atoms with Crippen LogP contribution < -0.4 is 5.32 Å². The van der Waals surface area contributed by atoms with E-state index < -0.39 is 0 Å². The van der Waals surface area contributed by atoms with E-state index in [1.807, 2.05) is 30.0 Å². The van der Waals surface area contributed by atoms with E-state index >= 15 is 0 Å². The first kappa shape index (κ1) is 12.6. The van der Waals surface area contributed by atoms with E-state index in [0.717, 1.165) is 22.2 Å². The largest absolute Gasteiger partial charge is 0.310 e. The highest BCUT2D eigenvalue weighted by Crippen LogP contribution is 2.25. The number of hydrogen-bond acceptors (Lipinski definition) is 2. The summed E-state index contributed by atoms with van der Waals surface area (Å²) in [5.41, 5.74) is 1.02. The Morgan fingerprint density at radius 3 is 2.44 bits per heavy atom. The normalized spacial score (nSPS) is 17.6. The van der Waals surface area contributed by atoms with Crippen molar-refractivity contribution in [2.75, 3.05) is 11.5 Å². The van der Waals surface area contributed by atoms with Crippen LogP contribution >= 0.6 is 35.0 Å². The second kappa shape index (κ2) is 6.15. The molecule has 0 unspecified atom stereocenters. The molecule has 0 saturated carbocycles. The minimum Gasteiger partial charge on any atom is -0.310 e. The lowest BCUT2D eigenvalue weighted by atomic mass is 10.1. The van der Waals surface area contributed by atoms with Crippen molar-refractivity contribution in [3.05, 3.63) is 33.8 Å². The number of nitrogens with one attached hydrogen (secondary N) is 1. The Hall–Kier alpha value is 0.110. The van der Waals surface area contributed by atoms with Gasteiger partial charge in [0, 0.05) is 28.2 Å². The smallest absolute Gasteiger partial charge is 0.0465 e. The summed E-state index contributed by atoms with van der Waals surface area (Å²) in [6.45, 7) is 0.772. The third kappa shape index (κ3) is 3.30. The summed E-state index contributed by atoms with van der Waals surface area (Å²) in [5.74, 6) is 2.52. The van der Waals surface area contributed by atoms with Gasteiger partial charge in [-0.25, -0.2) is 0 Å². The maximum atomic E-state index is 6.12. The minimum absolute atomic E-state index is 0.619. The van der Waals surface area contributed by atoms with Crippen molar-refractivity contribution in [2.45, 2.75) is 25.4 Å². The summed E-state index contributed by atoms with van der Waals surface area (Å²) >= 11 is 14.3. The molecule has 1 fully saturated rings. The number of thioether (sulfide) groups is 1. The summed E-state index contributed by atoms with van der Waals surface area (Å²) in [5, 5.41) is 5.05. The van der Waals surface area contributed by atoms with Crippen molar-refractivity contribution in [3.63, 3.8) is 0 Å². The molecular weight excluding hydrogens is 261 g/mol. The molecule has 0 radical (unpaired) electrons. The summed E-state index contributed by atoms with van der Waals surface area (Å²) in [7, 11) is 0. The molecule has 1 heterocycles. The first-order chi connectivity index (χ1) is 7.77. The Morgan fingerprint density at radius 1 is 1.19 bits per heavy atom. The molecule has 1 aromatic carbocycles. The van der Waals surface area contributed by atoms with Crippen LogP contribution in [0.2, 0.25) is 10.0 Å². The zero-order chi connectivity index (χ0) is 11.4. The van der Waals surface area contributed by atoms with Gasteiger partial charge in [-0.1, -0.05) is 29.3 Å². The predicted molar refractivity (Wildman–Crippen MR) is 73.6 cm³/mol. The van der Waals surface area contributed by atoms with E-state index in [-0.39, 0.29) is 0 Å². The van der Waals surface area contributed by atoms with Gasteiger partial charge in [-0.15, -0.1) is 0 Å². The van der Waals surface area contributed by atoms with Crippen LogP contribution in [0.15, 0.2) is 18.2 Å². The SMILES string of the molecule is Clc1cccc(Cl)c1CNC1CCSCC1. The van der Waals surface area contributed by atoms with E-state index in [1.54, 1.807) is 0 Å². The average molecular weight is 276 g/mol. The van der Waals surface area contributed by atoms with E-state index in [4.69, 9.17) is 23.2 Å². The van der Waals surface area contributed by atoms with Crippen LogP contribution in [0.4, 0.5) is 0 Å². The van der Waals surface area contributed by atoms with Crippen molar-refractivity contribution in [1.29, 1.82) is 0 Å². The maximum absolute atomic E-state index is 6.12. The molecule has 1 aromatic rings. The van der Waals surface area contributed by atoms with E-state index in [0.29, 0.717) is 6.04 Å². The minimum atomic E-state index is 0.619. The monoisotopic (exact) mass is 275 g/mol. The molecule has 0 bridgehead atoms. The molecule has 1 nitrogen and oxygen atoms in total. The van der Waals surface area contributed by atoms with Crippen molar-refractivity contribution in [1.82, 2.24) is 5.32 Å². The van der Waals surface area contributed by atoms with Crippen molar-refractivity contribution in [3.8, 4) is 0 Å². The number of benzene rings is 1. The summed E-state index contributed by atoms with van der Waals surface area (Å²) in [6, 6.07) is 6.28. The lowest BCUT2D eigenvalue weighted by molar-refractivity contribution is 0.482. The first-order valence-electron chi connectivity index (χ1n) is 5.51. The molecule has 2 rings (SSSR count). The number of halogens is 2. The lowest BCUT2D eigenvalue weighted by Crippen LogP contribution is -2.32. The van der Waals surface area contributed by atoms with Crippen LogP contribution in [0.5, 0.6) is 0 Å². The molecule has 1 saturated heterocycles.